The van der Waals surface area contributed by atoms with E-state index in [0.29, 0.717) is 42.6 Å². The Kier molecular flexibility index (Phi) is 6.26. The van der Waals surface area contributed by atoms with E-state index in [1.165, 1.54) is 6.07 Å². The first-order valence-electron chi connectivity index (χ1n) is 10.6. The second-order valence-electron chi connectivity index (χ2n) is 8.30. The molecule has 6 heteroatoms. The molecule has 0 radical (unpaired) electrons. The number of carbonyl (C=O) groups is 1. The van der Waals surface area contributed by atoms with Crippen molar-refractivity contribution in [2.24, 2.45) is 0 Å². The fraction of sp³-hybridized carbons (Fsp3) is 0.400. The van der Waals surface area contributed by atoms with E-state index in [0.717, 1.165) is 30.6 Å². The van der Waals surface area contributed by atoms with E-state index in [9.17, 15) is 9.18 Å². The number of rotatable bonds is 4. The van der Waals surface area contributed by atoms with Crippen molar-refractivity contribution in [1.82, 2.24) is 4.90 Å². The van der Waals surface area contributed by atoms with E-state index in [2.05, 4.69) is 35.7 Å². The number of carbonyl (C=O) groups excluding carboxylic acids is 1. The van der Waals surface area contributed by atoms with Crippen molar-refractivity contribution in [1.29, 1.82) is 0 Å². The summed E-state index contributed by atoms with van der Waals surface area (Å²) < 4.78 is 19.9. The molecule has 2 aromatic rings. The first-order valence-corrected chi connectivity index (χ1v) is 10.6. The van der Waals surface area contributed by atoms with E-state index in [1.807, 2.05) is 24.3 Å². The van der Waals surface area contributed by atoms with Crippen molar-refractivity contribution < 1.29 is 13.9 Å². The van der Waals surface area contributed by atoms with Crippen LogP contribution in [-0.2, 0) is 11.2 Å². The monoisotopic (exact) mass is 421 g/mol. The van der Waals surface area contributed by atoms with Gasteiger partial charge in [0.2, 0.25) is 0 Å². The normalized spacial score (nSPS) is 18.2. The summed E-state index contributed by atoms with van der Waals surface area (Å²) >= 11 is 0. The minimum Gasteiger partial charge on any atom is -0.372 e. The molecule has 4 rings (SSSR count). The Labute approximate surface area is 183 Å². The molecule has 1 amide bonds. The van der Waals surface area contributed by atoms with Gasteiger partial charge in [0.05, 0.1) is 5.69 Å². The van der Waals surface area contributed by atoms with Crippen LogP contribution in [0.4, 0.5) is 15.8 Å². The van der Waals surface area contributed by atoms with Crippen LogP contribution in [0.5, 0.6) is 0 Å². The number of hydrogen-bond acceptors (Lipinski definition) is 4. The van der Waals surface area contributed by atoms with E-state index in [1.54, 1.807) is 18.1 Å². The standard InChI is InChI=1S/C25H28FN3O2/c1-27(2)21-11-12-28(17-21)24-9-7-20(16-23(24)26)29-13-10-19-15-18(5-4-14-31-3)6-8-22(19)25(29)30/h6-9,15-16,21H,10-14,17H2,1-3H3/t21-/m1/s1. The average Bonchev–Trinajstić information content (AvgIpc) is 3.24. The van der Waals surface area contributed by atoms with Gasteiger partial charge in [-0.1, -0.05) is 11.8 Å². The molecule has 162 valence electrons. The lowest BCUT2D eigenvalue weighted by atomic mass is 9.96. The largest absolute Gasteiger partial charge is 0.372 e. The van der Waals surface area contributed by atoms with Crippen LogP contribution in [0, 0.1) is 17.7 Å². The van der Waals surface area contributed by atoms with Crippen LogP contribution in [0.3, 0.4) is 0 Å². The highest BCUT2D eigenvalue weighted by Gasteiger charge is 2.28. The zero-order valence-electron chi connectivity index (χ0n) is 18.3. The maximum Gasteiger partial charge on any atom is 0.258 e. The Hall–Kier alpha value is -2.88. The fourth-order valence-electron chi connectivity index (χ4n) is 4.33. The Morgan fingerprint density at radius 1 is 1.19 bits per heavy atom. The van der Waals surface area contributed by atoms with Gasteiger partial charge in [-0.05, 0) is 68.9 Å². The predicted molar refractivity (Wildman–Crippen MR) is 121 cm³/mol. The molecule has 1 saturated heterocycles. The smallest absolute Gasteiger partial charge is 0.258 e. The number of anilines is 2. The van der Waals surface area contributed by atoms with Gasteiger partial charge in [0, 0.05) is 49.6 Å². The summed E-state index contributed by atoms with van der Waals surface area (Å²) in [5.74, 6) is 5.60. The second kappa shape index (κ2) is 9.09. The molecule has 2 aromatic carbocycles. The first-order chi connectivity index (χ1) is 15.0. The van der Waals surface area contributed by atoms with E-state index in [-0.39, 0.29) is 11.7 Å². The van der Waals surface area contributed by atoms with Crippen molar-refractivity contribution >= 4 is 17.3 Å². The van der Waals surface area contributed by atoms with Crippen LogP contribution in [0.25, 0.3) is 0 Å². The van der Waals surface area contributed by atoms with Crippen molar-refractivity contribution in [2.45, 2.75) is 18.9 Å². The van der Waals surface area contributed by atoms with Crippen molar-refractivity contribution in [2.75, 3.05) is 57.2 Å². The van der Waals surface area contributed by atoms with Crippen LogP contribution in [0.2, 0.25) is 0 Å². The molecular formula is C25H28FN3O2. The topological polar surface area (TPSA) is 36.0 Å². The Bertz CT molecular complexity index is 1040. The highest BCUT2D eigenvalue weighted by Crippen LogP contribution is 2.31. The molecule has 0 saturated carbocycles. The highest BCUT2D eigenvalue weighted by molar-refractivity contribution is 6.08. The zero-order chi connectivity index (χ0) is 22.0. The number of likely N-dealkylation sites (N-methyl/N-ethyl adjacent to an activating group) is 1. The molecule has 0 aliphatic carbocycles. The molecule has 0 spiro atoms. The predicted octanol–water partition coefficient (Wildman–Crippen LogP) is 3.17. The number of hydrogen-bond donors (Lipinski definition) is 0. The molecule has 2 aliphatic rings. The quantitative estimate of drug-likeness (QED) is 0.711. The van der Waals surface area contributed by atoms with Gasteiger partial charge in [0.1, 0.15) is 12.4 Å². The van der Waals surface area contributed by atoms with Gasteiger partial charge in [-0.3, -0.25) is 4.79 Å². The van der Waals surface area contributed by atoms with E-state index in [4.69, 9.17) is 4.74 Å². The van der Waals surface area contributed by atoms with Gasteiger partial charge < -0.3 is 19.4 Å². The summed E-state index contributed by atoms with van der Waals surface area (Å²) in [6, 6.07) is 11.2. The number of nitrogens with zero attached hydrogens (tertiary/aromatic N) is 3. The number of benzene rings is 2. The van der Waals surface area contributed by atoms with Crippen molar-refractivity contribution in [3.8, 4) is 11.8 Å². The van der Waals surface area contributed by atoms with Crippen LogP contribution >= 0.6 is 0 Å². The third-order valence-corrected chi connectivity index (χ3v) is 6.11. The molecule has 0 unspecified atom stereocenters. The number of ether oxygens (including phenoxy) is 1. The minimum absolute atomic E-state index is 0.0985. The van der Waals surface area contributed by atoms with Crippen molar-refractivity contribution in [3.63, 3.8) is 0 Å². The lowest BCUT2D eigenvalue weighted by Crippen LogP contribution is -2.37. The Balaban J connectivity index is 1.52. The molecule has 5 nitrogen and oxygen atoms in total. The van der Waals surface area contributed by atoms with E-state index >= 15 is 0 Å². The van der Waals surface area contributed by atoms with Crippen LogP contribution in [0.15, 0.2) is 36.4 Å². The second-order valence-corrected chi connectivity index (χ2v) is 8.30. The summed E-state index contributed by atoms with van der Waals surface area (Å²) in [5, 5.41) is 0. The van der Waals surface area contributed by atoms with Crippen LogP contribution in [-0.4, -0.2) is 64.3 Å². The molecular weight excluding hydrogens is 393 g/mol. The first kappa shape index (κ1) is 21.4. The maximum absolute atomic E-state index is 15.0. The highest BCUT2D eigenvalue weighted by atomic mass is 19.1. The summed E-state index contributed by atoms with van der Waals surface area (Å²) in [5.41, 5.74) is 3.71. The molecule has 0 bridgehead atoms. The Morgan fingerprint density at radius 2 is 2.03 bits per heavy atom. The molecule has 1 fully saturated rings. The van der Waals surface area contributed by atoms with Gasteiger partial charge in [0.15, 0.2) is 0 Å². The minimum atomic E-state index is -0.278. The SMILES string of the molecule is COCC#Cc1ccc2c(c1)CCN(c1ccc(N3CC[C@@H](N(C)C)C3)c(F)c1)C2=O. The lowest BCUT2D eigenvalue weighted by Gasteiger charge is -2.29. The molecule has 1 atom stereocenters. The number of halogens is 1. The number of fused-ring (bicyclic) bond motifs is 1. The summed E-state index contributed by atoms with van der Waals surface area (Å²) in [6.45, 7) is 2.55. The Morgan fingerprint density at radius 3 is 2.74 bits per heavy atom. The lowest BCUT2D eigenvalue weighted by molar-refractivity contribution is 0.0980. The van der Waals surface area contributed by atoms with Gasteiger partial charge in [-0.2, -0.15) is 0 Å². The van der Waals surface area contributed by atoms with Gasteiger partial charge in [-0.25, -0.2) is 4.39 Å². The van der Waals surface area contributed by atoms with Gasteiger partial charge >= 0.3 is 0 Å². The summed E-state index contributed by atoms with van der Waals surface area (Å²) in [7, 11) is 5.72. The summed E-state index contributed by atoms with van der Waals surface area (Å²) in [6.07, 6.45) is 1.73. The van der Waals surface area contributed by atoms with Gasteiger partial charge in [0.25, 0.3) is 5.91 Å². The van der Waals surface area contributed by atoms with E-state index < -0.39 is 0 Å². The fourth-order valence-corrected chi connectivity index (χ4v) is 4.33. The summed E-state index contributed by atoms with van der Waals surface area (Å²) in [4.78, 5) is 19.0. The number of methoxy groups -OCH3 is 1. The maximum atomic E-state index is 15.0. The molecule has 2 heterocycles. The third kappa shape index (κ3) is 4.43. The van der Waals surface area contributed by atoms with Gasteiger partial charge in [-0.15, -0.1) is 0 Å². The van der Waals surface area contributed by atoms with Crippen LogP contribution in [0.1, 0.15) is 27.9 Å². The van der Waals surface area contributed by atoms with Crippen molar-refractivity contribution in [3.05, 3.63) is 58.9 Å². The molecule has 31 heavy (non-hydrogen) atoms. The third-order valence-electron chi connectivity index (χ3n) is 6.11. The van der Waals surface area contributed by atoms with Crippen LogP contribution < -0.4 is 9.80 Å². The molecule has 2 aliphatic heterocycles. The average molecular weight is 422 g/mol. The molecule has 0 N–H and O–H groups in total. The number of amides is 1. The zero-order valence-corrected chi connectivity index (χ0v) is 18.3. The molecule has 0 aromatic heterocycles.